The third-order valence-electron chi connectivity index (χ3n) is 4.34. The van der Waals surface area contributed by atoms with Crippen molar-refractivity contribution < 1.29 is 13.2 Å². The number of nitrogens with zero attached hydrogens (tertiary/aromatic N) is 1. The van der Waals surface area contributed by atoms with Gasteiger partial charge in [-0.1, -0.05) is 18.2 Å². The van der Waals surface area contributed by atoms with Gasteiger partial charge in [-0.25, -0.2) is 13.1 Å². The molecule has 0 radical (unpaired) electrons. The van der Waals surface area contributed by atoms with Crippen LogP contribution in [0.4, 0.5) is 5.69 Å². The van der Waals surface area contributed by atoms with Crippen molar-refractivity contribution in [1.82, 2.24) is 4.72 Å². The van der Waals surface area contributed by atoms with Gasteiger partial charge in [0.15, 0.2) is 0 Å². The van der Waals surface area contributed by atoms with Crippen LogP contribution in [0.2, 0.25) is 0 Å². The Kier molecular flexibility index (Phi) is 5.06. The average Bonchev–Trinajstić information content (AvgIpc) is 3.09. The SMILES string of the molecule is COc1ccc(S(=O)(=O)NCC2CCCN2c2ccccc2)cc1. The van der Waals surface area contributed by atoms with Crippen LogP contribution >= 0.6 is 0 Å². The lowest BCUT2D eigenvalue weighted by atomic mass is 10.2. The second-order valence-corrected chi connectivity index (χ2v) is 7.62. The van der Waals surface area contributed by atoms with Gasteiger partial charge in [0.1, 0.15) is 5.75 Å². The summed E-state index contributed by atoms with van der Waals surface area (Å²) in [7, 11) is -1.95. The predicted molar refractivity (Wildman–Crippen MR) is 95.0 cm³/mol. The van der Waals surface area contributed by atoms with Gasteiger partial charge in [-0.3, -0.25) is 0 Å². The lowest BCUT2D eigenvalue weighted by molar-refractivity contribution is 0.414. The molecule has 3 rings (SSSR count). The molecule has 0 saturated carbocycles. The number of ether oxygens (including phenoxy) is 1. The summed E-state index contributed by atoms with van der Waals surface area (Å²) in [5.74, 6) is 0.639. The van der Waals surface area contributed by atoms with Crippen LogP contribution in [0.15, 0.2) is 59.5 Å². The van der Waals surface area contributed by atoms with Crippen molar-refractivity contribution in [3.63, 3.8) is 0 Å². The summed E-state index contributed by atoms with van der Waals surface area (Å²) in [6, 6.07) is 16.7. The van der Waals surface area contributed by atoms with Gasteiger partial charge in [-0.2, -0.15) is 0 Å². The minimum absolute atomic E-state index is 0.181. The number of benzene rings is 2. The first-order chi connectivity index (χ1) is 11.6. The molecule has 0 bridgehead atoms. The van der Waals surface area contributed by atoms with Crippen LogP contribution < -0.4 is 14.4 Å². The van der Waals surface area contributed by atoms with Gasteiger partial charge < -0.3 is 9.64 Å². The second kappa shape index (κ2) is 7.23. The average molecular weight is 346 g/mol. The molecule has 2 aromatic rings. The van der Waals surface area contributed by atoms with E-state index in [9.17, 15) is 8.42 Å². The fourth-order valence-electron chi connectivity index (χ4n) is 3.05. The van der Waals surface area contributed by atoms with Gasteiger partial charge in [-0.15, -0.1) is 0 Å². The fraction of sp³-hybridized carbons (Fsp3) is 0.333. The highest BCUT2D eigenvalue weighted by Gasteiger charge is 2.26. The minimum atomic E-state index is -3.51. The molecule has 0 amide bonds. The van der Waals surface area contributed by atoms with E-state index in [0.29, 0.717) is 12.3 Å². The summed E-state index contributed by atoms with van der Waals surface area (Å²) in [5, 5.41) is 0. The molecule has 0 spiro atoms. The summed E-state index contributed by atoms with van der Waals surface area (Å²) < 4.78 is 32.7. The van der Waals surface area contributed by atoms with E-state index in [-0.39, 0.29) is 10.9 Å². The molecule has 1 aliphatic rings. The van der Waals surface area contributed by atoms with Gasteiger partial charge in [0, 0.05) is 24.8 Å². The molecule has 6 heteroatoms. The molecule has 1 atom stereocenters. The van der Waals surface area contributed by atoms with E-state index < -0.39 is 10.0 Å². The molecule has 0 aromatic heterocycles. The molecule has 2 aromatic carbocycles. The molecule has 24 heavy (non-hydrogen) atoms. The molecular formula is C18H22N2O3S. The smallest absolute Gasteiger partial charge is 0.240 e. The van der Waals surface area contributed by atoms with Crippen LogP contribution in [0.3, 0.4) is 0 Å². The quantitative estimate of drug-likeness (QED) is 0.874. The summed E-state index contributed by atoms with van der Waals surface area (Å²) in [5.41, 5.74) is 1.14. The Morgan fingerprint density at radius 3 is 2.50 bits per heavy atom. The molecule has 1 saturated heterocycles. The molecule has 5 nitrogen and oxygen atoms in total. The van der Waals surface area contributed by atoms with Crippen molar-refractivity contribution >= 4 is 15.7 Å². The largest absolute Gasteiger partial charge is 0.497 e. The Bertz CT molecular complexity index is 761. The Labute approximate surface area is 143 Å². The van der Waals surface area contributed by atoms with E-state index in [4.69, 9.17) is 4.74 Å². The van der Waals surface area contributed by atoms with Crippen LogP contribution in [0, 0.1) is 0 Å². The first kappa shape index (κ1) is 16.8. The van der Waals surface area contributed by atoms with E-state index in [1.165, 1.54) is 0 Å². The Morgan fingerprint density at radius 1 is 1.12 bits per heavy atom. The second-order valence-electron chi connectivity index (χ2n) is 5.85. The zero-order valence-electron chi connectivity index (χ0n) is 13.7. The number of sulfonamides is 1. The fourth-order valence-corrected chi connectivity index (χ4v) is 4.12. The van der Waals surface area contributed by atoms with E-state index >= 15 is 0 Å². The zero-order chi connectivity index (χ0) is 17.0. The molecule has 1 fully saturated rings. The normalized spacial score (nSPS) is 17.9. The molecular weight excluding hydrogens is 324 g/mol. The number of nitrogens with one attached hydrogen (secondary N) is 1. The van der Waals surface area contributed by atoms with Crippen LogP contribution in [0.25, 0.3) is 0 Å². The van der Waals surface area contributed by atoms with Crippen LogP contribution in [-0.4, -0.2) is 34.7 Å². The summed E-state index contributed by atoms with van der Waals surface area (Å²) in [4.78, 5) is 2.53. The van der Waals surface area contributed by atoms with E-state index in [2.05, 4.69) is 21.8 Å². The number of para-hydroxylation sites is 1. The highest BCUT2D eigenvalue weighted by Crippen LogP contribution is 2.25. The molecule has 128 valence electrons. The monoisotopic (exact) mass is 346 g/mol. The first-order valence-corrected chi connectivity index (χ1v) is 9.54. The number of rotatable bonds is 6. The Balaban J connectivity index is 1.67. The predicted octanol–water partition coefficient (Wildman–Crippen LogP) is 2.64. The molecule has 1 aliphatic heterocycles. The molecule has 1 heterocycles. The lowest BCUT2D eigenvalue weighted by Crippen LogP contribution is -2.40. The van der Waals surface area contributed by atoms with E-state index in [1.807, 2.05) is 18.2 Å². The maximum atomic E-state index is 12.5. The maximum absolute atomic E-state index is 12.5. The van der Waals surface area contributed by atoms with Crippen molar-refractivity contribution in [2.75, 3.05) is 25.1 Å². The number of anilines is 1. The Morgan fingerprint density at radius 2 is 1.83 bits per heavy atom. The highest BCUT2D eigenvalue weighted by atomic mass is 32.2. The van der Waals surface area contributed by atoms with Crippen molar-refractivity contribution in [2.45, 2.75) is 23.8 Å². The molecule has 1 unspecified atom stereocenters. The van der Waals surface area contributed by atoms with Crippen LogP contribution in [0.5, 0.6) is 5.75 Å². The number of methoxy groups -OCH3 is 1. The zero-order valence-corrected chi connectivity index (χ0v) is 14.5. The third-order valence-corrected chi connectivity index (χ3v) is 5.78. The third kappa shape index (κ3) is 3.71. The lowest BCUT2D eigenvalue weighted by Gasteiger charge is -2.27. The van der Waals surface area contributed by atoms with Gasteiger partial charge in [-0.05, 0) is 49.2 Å². The number of hydrogen-bond acceptors (Lipinski definition) is 4. The van der Waals surface area contributed by atoms with E-state index in [0.717, 1.165) is 25.1 Å². The van der Waals surface area contributed by atoms with Crippen LogP contribution in [-0.2, 0) is 10.0 Å². The summed E-state index contributed by atoms with van der Waals surface area (Å²) in [6.07, 6.45) is 2.06. The standard InChI is InChI=1S/C18H22N2O3S/c1-23-17-9-11-18(12-10-17)24(21,22)19-14-16-8-5-13-20(16)15-6-3-2-4-7-15/h2-4,6-7,9-12,16,19H,5,8,13-14H2,1H3. The summed E-state index contributed by atoms with van der Waals surface area (Å²) >= 11 is 0. The van der Waals surface area contributed by atoms with Gasteiger partial charge in [0.05, 0.1) is 12.0 Å². The van der Waals surface area contributed by atoms with Gasteiger partial charge >= 0.3 is 0 Å². The molecule has 1 N–H and O–H groups in total. The number of hydrogen-bond donors (Lipinski definition) is 1. The maximum Gasteiger partial charge on any atom is 0.240 e. The summed E-state index contributed by atoms with van der Waals surface area (Å²) in [6.45, 7) is 1.36. The van der Waals surface area contributed by atoms with Crippen molar-refractivity contribution in [1.29, 1.82) is 0 Å². The highest BCUT2D eigenvalue weighted by molar-refractivity contribution is 7.89. The van der Waals surface area contributed by atoms with Crippen LogP contribution in [0.1, 0.15) is 12.8 Å². The first-order valence-electron chi connectivity index (χ1n) is 8.05. The minimum Gasteiger partial charge on any atom is -0.497 e. The topological polar surface area (TPSA) is 58.6 Å². The van der Waals surface area contributed by atoms with Crippen molar-refractivity contribution in [3.8, 4) is 5.75 Å². The van der Waals surface area contributed by atoms with Crippen molar-refractivity contribution in [2.24, 2.45) is 0 Å². The van der Waals surface area contributed by atoms with Crippen molar-refractivity contribution in [3.05, 3.63) is 54.6 Å². The van der Waals surface area contributed by atoms with Gasteiger partial charge in [0.2, 0.25) is 10.0 Å². The van der Waals surface area contributed by atoms with Gasteiger partial charge in [0.25, 0.3) is 0 Å². The van der Waals surface area contributed by atoms with E-state index in [1.54, 1.807) is 31.4 Å². The molecule has 0 aliphatic carbocycles. The Hall–Kier alpha value is -2.05.